The van der Waals surface area contributed by atoms with Gasteiger partial charge in [-0.3, -0.25) is 0 Å². The summed E-state index contributed by atoms with van der Waals surface area (Å²) in [6.07, 6.45) is 10.6. The summed E-state index contributed by atoms with van der Waals surface area (Å²) in [6, 6.07) is 0. The number of carboxylic acids is 1. The van der Waals surface area contributed by atoms with Gasteiger partial charge in [-0.2, -0.15) is 0 Å². The first-order chi connectivity index (χ1) is 7.65. The Morgan fingerprint density at radius 1 is 1.75 bits per heavy atom. The molecule has 5 heteroatoms. The van der Waals surface area contributed by atoms with Gasteiger partial charge in [-0.15, -0.1) is 12.3 Å². The molecule has 0 bridgehead atoms. The first-order valence-electron chi connectivity index (χ1n) is 5.06. The third-order valence-corrected chi connectivity index (χ3v) is 3.74. The molecule has 1 fully saturated rings. The lowest BCUT2D eigenvalue weighted by Crippen LogP contribution is -2.44. The van der Waals surface area contributed by atoms with Crippen LogP contribution in [0.5, 0.6) is 0 Å². The zero-order chi connectivity index (χ0) is 11.6. The number of rotatable bonds is 4. The van der Waals surface area contributed by atoms with Crippen LogP contribution in [-0.2, 0) is 0 Å². The van der Waals surface area contributed by atoms with Gasteiger partial charge in [-0.25, -0.2) is 9.78 Å². The van der Waals surface area contributed by atoms with E-state index >= 15 is 0 Å². The van der Waals surface area contributed by atoms with Crippen molar-refractivity contribution in [1.82, 2.24) is 4.98 Å². The van der Waals surface area contributed by atoms with E-state index in [0.717, 1.165) is 30.6 Å². The minimum atomic E-state index is -0.940. The van der Waals surface area contributed by atoms with Crippen molar-refractivity contribution in [2.45, 2.75) is 31.2 Å². The summed E-state index contributed by atoms with van der Waals surface area (Å²) < 4.78 is 0. The SMILES string of the molecule is C#CCC1(Nc2ncc(C(=O)O)s2)CCC1. The molecule has 1 heterocycles. The molecule has 1 aliphatic carbocycles. The molecule has 0 atom stereocenters. The zero-order valence-electron chi connectivity index (χ0n) is 8.69. The first-order valence-corrected chi connectivity index (χ1v) is 5.88. The van der Waals surface area contributed by atoms with Gasteiger partial charge >= 0.3 is 5.97 Å². The standard InChI is InChI=1S/C11H12N2O2S/c1-2-4-11(5-3-6-11)13-10-12-7-8(16-10)9(14)15/h1,7H,3-6H2,(H,12,13)(H,14,15). The molecule has 0 aliphatic heterocycles. The highest BCUT2D eigenvalue weighted by Crippen LogP contribution is 2.38. The average molecular weight is 236 g/mol. The van der Waals surface area contributed by atoms with Gasteiger partial charge < -0.3 is 10.4 Å². The predicted octanol–water partition coefficient (Wildman–Crippen LogP) is 2.20. The molecule has 1 aromatic heterocycles. The Balaban J connectivity index is 2.08. The van der Waals surface area contributed by atoms with E-state index in [0.29, 0.717) is 11.6 Å². The number of nitrogens with one attached hydrogen (secondary N) is 1. The predicted molar refractivity (Wildman–Crippen MR) is 62.7 cm³/mol. The minimum absolute atomic E-state index is 0.0532. The lowest BCUT2D eigenvalue weighted by atomic mass is 9.75. The molecule has 0 spiro atoms. The molecule has 0 radical (unpaired) electrons. The summed E-state index contributed by atoms with van der Waals surface area (Å²) in [5, 5.41) is 12.7. The Morgan fingerprint density at radius 3 is 2.94 bits per heavy atom. The van der Waals surface area contributed by atoms with E-state index < -0.39 is 5.97 Å². The summed E-state index contributed by atoms with van der Waals surface area (Å²) in [5.74, 6) is 1.72. The van der Waals surface area contributed by atoms with Crippen molar-refractivity contribution < 1.29 is 9.90 Å². The molecule has 0 aromatic carbocycles. The van der Waals surface area contributed by atoms with Crippen LogP contribution >= 0.6 is 11.3 Å². The number of aromatic nitrogens is 1. The third-order valence-electron chi connectivity index (χ3n) is 2.84. The summed E-state index contributed by atoms with van der Waals surface area (Å²) in [5.41, 5.74) is -0.0532. The van der Waals surface area contributed by atoms with Gasteiger partial charge in [0.1, 0.15) is 4.88 Å². The molecule has 0 amide bonds. The van der Waals surface area contributed by atoms with Crippen molar-refractivity contribution >= 4 is 22.4 Å². The van der Waals surface area contributed by atoms with Gasteiger partial charge in [0.25, 0.3) is 0 Å². The van der Waals surface area contributed by atoms with Crippen LogP contribution in [0.15, 0.2) is 6.20 Å². The number of nitrogens with zero attached hydrogens (tertiary/aromatic N) is 1. The molecular formula is C11H12N2O2S. The van der Waals surface area contributed by atoms with E-state index in [1.54, 1.807) is 0 Å². The maximum atomic E-state index is 10.7. The molecule has 4 nitrogen and oxygen atoms in total. The molecule has 1 aliphatic rings. The van der Waals surface area contributed by atoms with Gasteiger partial charge in [-0.05, 0) is 19.3 Å². The van der Waals surface area contributed by atoms with E-state index in [1.165, 1.54) is 6.20 Å². The number of carboxylic acid groups (broad SMARTS) is 1. The lowest BCUT2D eigenvalue weighted by Gasteiger charge is -2.41. The van der Waals surface area contributed by atoms with Crippen molar-refractivity contribution in [2.24, 2.45) is 0 Å². The number of terminal acetylenes is 1. The fourth-order valence-corrected chi connectivity index (χ4v) is 2.58. The largest absolute Gasteiger partial charge is 0.477 e. The van der Waals surface area contributed by atoms with E-state index in [-0.39, 0.29) is 10.4 Å². The fraction of sp³-hybridized carbons (Fsp3) is 0.455. The maximum absolute atomic E-state index is 10.7. The smallest absolute Gasteiger partial charge is 0.347 e. The average Bonchev–Trinajstić information content (AvgIpc) is 2.63. The van der Waals surface area contributed by atoms with Crippen LogP contribution in [0.4, 0.5) is 5.13 Å². The summed E-state index contributed by atoms with van der Waals surface area (Å²) in [7, 11) is 0. The summed E-state index contributed by atoms with van der Waals surface area (Å²) in [6.45, 7) is 0. The van der Waals surface area contributed by atoms with Crippen LogP contribution in [0.1, 0.15) is 35.4 Å². The number of carbonyl (C=O) groups is 1. The second-order valence-corrected chi connectivity index (χ2v) is 5.01. The fourth-order valence-electron chi connectivity index (χ4n) is 1.80. The van der Waals surface area contributed by atoms with Gasteiger partial charge in [0.15, 0.2) is 5.13 Å². The maximum Gasteiger partial charge on any atom is 0.347 e. The van der Waals surface area contributed by atoms with E-state index in [4.69, 9.17) is 11.5 Å². The van der Waals surface area contributed by atoms with Crippen LogP contribution < -0.4 is 5.32 Å². The number of aromatic carboxylic acids is 1. The summed E-state index contributed by atoms with van der Waals surface area (Å²) >= 11 is 1.15. The van der Waals surface area contributed by atoms with E-state index in [2.05, 4.69) is 16.2 Å². The van der Waals surface area contributed by atoms with Crippen LogP contribution in [0, 0.1) is 12.3 Å². The highest BCUT2D eigenvalue weighted by molar-refractivity contribution is 7.17. The first kappa shape index (κ1) is 11.0. The van der Waals surface area contributed by atoms with Crippen LogP contribution in [0.3, 0.4) is 0 Å². The van der Waals surface area contributed by atoms with Crippen molar-refractivity contribution in [3.8, 4) is 12.3 Å². The van der Waals surface area contributed by atoms with Crippen LogP contribution in [0.2, 0.25) is 0 Å². The summed E-state index contributed by atoms with van der Waals surface area (Å²) in [4.78, 5) is 15.0. The van der Waals surface area contributed by atoms with E-state index in [9.17, 15) is 4.79 Å². The third kappa shape index (κ3) is 2.02. The molecule has 0 saturated heterocycles. The van der Waals surface area contributed by atoms with Gasteiger partial charge in [0.05, 0.1) is 11.7 Å². The van der Waals surface area contributed by atoms with Crippen LogP contribution in [-0.4, -0.2) is 21.6 Å². The Bertz CT molecular complexity index is 443. The van der Waals surface area contributed by atoms with E-state index in [1.807, 2.05) is 0 Å². The monoisotopic (exact) mass is 236 g/mol. The Morgan fingerprint density at radius 2 is 2.50 bits per heavy atom. The van der Waals surface area contributed by atoms with Gasteiger partial charge in [0.2, 0.25) is 0 Å². The molecule has 1 saturated carbocycles. The second kappa shape index (κ2) is 4.14. The number of anilines is 1. The molecular weight excluding hydrogens is 224 g/mol. The van der Waals surface area contributed by atoms with Crippen molar-refractivity contribution in [3.05, 3.63) is 11.1 Å². The molecule has 2 N–H and O–H groups in total. The Hall–Kier alpha value is -1.54. The van der Waals surface area contributed by atoms with Crippen molar-refractivity contribution in [3.63, 3.8) is 0 Å². The quantitative estimate of drug-likeness (QED) is 0.787. The van der Waals surface area contributed by atoms with Gasteiger partial charge in [-0.1, -0.05) is 11.3 Å². The highest BCUT2D eigenvalue weighted by Gasteiger charge is 2.36. The lowest BCUT2D eigenvalue weighted by molar-refractivity contribution is 0.0702. The van der Waals surface area contributed by atoms with Gasteiger partial charge in [0, 0.05) is 6.42 Å². The molecule has 0 unspecified atom stereocenters. The normalized spacial score (nSPS) is 17.2. The Labute approximate surface area is 97.7 Å². The minimum Gasteiger partial charge on any atom is -0.477 e. The molecule has 16 heavy (non-hydrogen) atoms. The number of hydrogen-bond donors (Lipinski definition) is 2. The molecule has 2 rings (SSSR count). The number of thiazole rings is 1. The topological polar surface area (TPSA) is 62.2 Å². The second-order valence-electron chi connectivity index (χ2n) is 3.97. The highest BCUT2D eigenvalue weighted by atomic mass is 32.1. The van der Waals surface area contributed by atoms with Crippen molar-refractivity contribution in [2.75, 3.05) is 5.32 Å². The zero-order valence-corrected chi connectivity index (χ0v) is 9.51. The Kier molecular flexibility index (Phi) is 2.84. The molecule has 1 aromatic rings. The molecule has 84 valence electrons. The van der Waals surface area contributed by atoms with Crippen LogP contribution in [0.25, 0.3) is 0 Å². The number of hydrogen-bond acceptors (Lipinski definition) is 4. The van der Waals surface area contributed by atoms with Crippen molar-refractivity contribution in [1.29, 1.82) is 0 Å².